The molecule has 0 aliphatic rings. The van der Waals surface area contributed by atoms with Crippen LogP contribution in [0.1, 0.15) is 0 Å². The van der Waals surface area contributed by atoms with Crippen LogP contribution in [0.25, 0.3) is 88.7 Å². The molecule has 0 unspecified atom stereocenters. The second-order valence-corrected chi connectivity index (χ2v) is 15.8. The van der Waals surface area contributed by atoms with Gasteiger partial charge in [-0.15, -0.1) is 0 Å². The van der Waals surface area contributed by atoms with E-state index in [1.807, 2.05) is 12.1 Å². The van der Waals surface area contributed by atoms with Crippen LogP contribution in [-0.4, -0.2) is 0 Å². The number of hydrogen-bond acceptors (Lipinski definition) is 2. The summed E-state index contributed by atoms with van der Waals surface area (Å²) in [4.78, 5) is 2.34. The third-order valence-electron chi connectivity index (χ3n) is 11.9. The zero-order valence-corrected chi connectivity index (χ0v) is 34.0. The Morgan fingerprint density at radius 1 is 0.242 bits per heavy atom. The van der Waals surface area contributed by atoms with Gasteiger partial charge in [0, 0.05) is 28.0 Å². The van der Waals surface area contributed by atoms with Gasteiger partial charge in [0.1, 0.15) is 11.3 Å². The molecule has 62 heavy (non-hydrogen) atoms. The predicted molar refractivity (Wildman–Crippen MR) is 261 cm³/mol. The molecule has 0 atom stereocenters. The van der Waals surface area contributed by atoms with Gasteiger partial charge in [-0.1, -0.05) is 188 Å². The third-order valence-corrected chi connectivity index (χ3v) is 11.9. The number of nitrogens with zero attached hydrogens (tertiary/aromatic N) is 1. The lowest BCUT2D eigenvalue weighted by molar-refractivity contribution is 0.632. The topological polar surface area (TPSA) is 16.4 Å². The van der Waals surface area contributed by atoms with Crippen molar-refractivity contribution in [2.24, 2.45) is 0 Å². The Labute approximate surface area is 362 Å². The summed E-state index contributed by atoms with van der Waals surface area (Å²) in [5, 5.41) is 3.58. The molecule has 1 aromatic heterocycles. The summed E-state index contributed by atoms with van der Waals surface area (Å²) in [6.07, 6.45) is 0. The molecular weight excluding hydrogens is 751 g/mol. The van der Waals surface area contributed by atoms with Crippen LogP contribution in [0, 0.1) is 0 Å². The van der Waals surface area contributed by atoms with E-state index in [0.29, 0.717) is 0 Å². The minimum Gasteiger partial charge on any atom is -0.456 e. The van der Waals surface area contributed by atoms with Crippen molar-refractivity contribution >= 4 is 38.8 Å². The quantitative estimate of drug-likeness (QED) is 0.145. The van der Waals surface area contributed by atoms with Crippen LogP contribution in [0.4, 0.5) is 17.1 Å². The van der Waals surface area contributed by atoms with E-state index in [1.165, 1.54) is 44.2 Å². The number of para-hydroxylation sites is 1. The highest BCUT2D eigenvalue weighted by molar-refractivity contribution is 5.91. The maximum Gasteiger partial charge on any atom is 0.136 e. The molecule has 2 nitrogen and oxygen atoms in total. The minimum absolute atomic E-state index is 0.859. The molecule has 11 rings (SSSR count). The molecule has 0 amide bonds. The fourth-order valence-corrected chi connectivity index (χ4v) is 8.62. The van der Waals surface area contributed by atoms with Crippen molar-refractivity contribution in [2.75, 3.05) is 4.90 Å². The Balaban J connectivity index is 0.952. The third kappa shape index (κ3) is 7.25. The molecule has 0 N–H and O–H groups in total. The molecule has 1 heterocycles. The Bertz CT molecular complexity index is 3260. The molecule has 0 fully saturated rings. The molecule has 10 aromatic carbocycles. The first-order chi connectivity index (χ1) is 30.7. The standard InChI is InChI=1S/C60H41NO/c1-3-11-42(12-4-1)44-19-21-45(22-20-44)46-25-32-54(33-26-46)61(55-34-27-47(28-35-55)51-24-23-43-13-7-8-16-50(43)39-51)56-36-29-48(30-37-56)52-31-38-57(49-14-5-2-6-15-49)58(40-52)60-41-53-17-9-10-18-59(53)62-60/h1-41H. The maximum absolute atomic E-state index is 6.46. The Kier molecular flexibility index (Phi) is 9.57. The highest BCUT2D eigenvalue weighted by atomic mass is 16.3. The maximum atomic E-state index is 6.46. The van der Waals surface area contributed by atoms with Crippen LogP contribution >= 0.6 is 0 Å². The summed E-state index contributed by atoms with van der Waals surface area (Å²) < 4.78 is 6.46. The molecule has 0 saturated carbocycles. The first kappa shape index (κ1) is 36.8. The monoisotopic (exact) mass is 791 g/mol. The van der Waals surface area contributed by atoms with Gasteiger partial charge >= 0.3 is 0 Å². The SMILES string of the molecule is c1ccc(-c2ccc(-c3ccc(N(c4ccc(-c5ccc(-c6ccccc6)c(-c6cc7ccccc7o6)c5)cc4)c4ccc(-c5ccc6ccccc6c5)cc4)cc3)cc2)cc1. The molecule has 2 heteroatoms. The van der Waals surface area contributed by atoms with Crippen molar-refractivity contribution in [1.82, 2.24) is 0 Å². The molecule has 0 bridgehead atoms. The van der Waals surface area contributed by atoms with Crippen LogP contribution in [-0.2, 0) is 0 Å². The van der Waals surface area contributed by atoms with E-state index in [1.54, 1.807) is 0 Å². The molecule has 0 aliphatic heterocycles. The van der Waals surface area contributed by atoms with Gasteiger partial charge in [-0.3, -0.25) is 0 Å². The van der Waals surface area contributed by atoms with Gasteiger partial charge in [-0.05, 0) is 127 Å². The van der Waals surface area contributed by atoms with Crippen molar-refractivity contribution < 1.29 is 4.42 Å². The number of rotatable bonds is 9. The van der Waals surface area contributed by atoms with Crippen molar-refractivity contribution in [3.63, 3.8) is 0 Å². The lowest BCUT2D eigenvalue weighted by atomic mass is 9.93. The van der Waals surface area contributed by atoms with Gasteiger partial charge in [0.05, 0.1) is 0 Å². The normalized spacial score (nSPS) is 11.2. The summed E-state index contributed by atoms with van der Waals surface area (Å²) in [7, 11) is 0. The number of benzene rings is 10. The highest BCUT2D eigenvalue weighted by Crippen LogP contribution is 2.41. The second kappa shape index (κ2) is 16.1. The fraction of sp³-hybridized carbons (Fsp3) is 0. The largest absolute Gasteiger partial charge is 0.456 e. The Morgan fingerprint density at radius 3 is 1.21 bits per heavy atom. The molecule has 0 aliphatic carbocycles. The lowest BCUT2D eigenvalue weighted by Gasteiger charge is -2.26. The van der Waals surface area contributed by atoms with Crippen molar-refractivity contribution in [3.8, 4) is 67.0 Å². The van der Waals surface area contributed by atoms with E-state index < -0.39 is 0 Å². The first-order valence-corrected chi connectivity index (χ1v) is 21.1. The minimum atomic E-state index is 0.859. The van der Waals surface area contributed by atoms with E-state index in [-0.39, 0.29) is 0 Å². The Morgan fingerprint density at radius 2 is 0.645 bits per heavy atom. The van der Waals surface area contributed by atoms with Gasteiger partial charge in [-0.25, -0.2) is 0 Å². The molecule has 0 saturated heterocycles. The zero-order chi connectivity index (χ0) is 41.2. The zero-order valence-electron chi connectivity index (χ0n) is 34.0. The van der Waals surface area contributed by atoms with E-state index in [4.69, 9.17) is 4.42 Å². The molecular formula is C60H41NO. The number of fused-ring (bicyclic) bond motifs is 2. The van der Waals surface area contributed by atoms with E-state index in [2.05, 4.69) is 241 Å². The molecule has 292 valence electrons. The summed E-state index contributed by atoms with van der Waals surface area (Å²) in [6, 6.07) is 89.0. The average molecular weight is 792 g/mol. The number of anilines is 3. The molecule has 11 aromatic rings. The van der Waals surface area contributed by atoms with Gasteiger partial charge in [0.2, 0.25) is 0 Å². The van der Waals surface area contributed by atoms with Crippen LogP contribution in [0.5, 0.6) is 0 Å². The average Bonchev–Trinajstić information content (AvgIpc) is 3.80. The predicted octanol–water partition coefficient (Wildman–Crippen LogP) is 17.1. The van der Waals surface area contributed by atoms with Crippen LogP contribution in [0.2, 0.25) is 0 Å². The van der Waals surface area contributed by atoms with Crippen LogP contribution < -0.4 is 4.90 Å². The Hall–Kier alpha value is -8.20. The van der Waals surface area contributed by atoms with Crippen LogP contribution in [0.3, 0.4) is 0 Å². The first-order valence-electron chi connectivity index (χ1n) is 21.1. The smallest absolute Gasteiger partial charge is 0.136 e. The number of furan rings is 1. The summed E-state index contributed by atoms with van der Waals surface area (Å²) in [5.41, 5.74) is 16.9. The fourth-order valence-electron chi connectivity index (χ4n) is 8.62. The summed E-state index contributed by atoms with van der Waals surface area (Å²) in [5.74, 6) is 0.859. The lowest BCUT2D eigenvalue weighted by Crippen LogP contribution is -2.09. The second-order valence-electron chi connectivity index (χ2n) is 15.8. The van der Waals surface area contributed by atoms with Crippen molar-refractivity contribution in [2.45, 2.75) is 0 Å². The molecule has 0 spiro atoms. The highest BCUT2D eigenvalue weighted by Gasteiger charge is 2.17. The van der Waals surface area contributed by atoms with Gasteiger partial charge in [0.25, 0.3) is 0 Å². The van der Waals surface area contributed by atoms with E-state index in [0.717, 1.165) is 61.6 Å². The van der Waals surface area contributed by atoms with E-state index in [9.17, 15) is 0 Å². The summed E-state index contributed by atoms with van der Waals surface area (Å²) in [6.45, 7) is 0. The van der Waals surface area contributed by atoms with E-state index >= 15 is 0 Å². The van der Waals surface area contributed by atoms with Crippen molar-refractivity contribution in [3.05, 3.63) is 249 Å². The molecule has 0 radical (unpaired) electrons. The number of hydrogen-bond donors (Lipinski definition) is 0. The van der Waals surface area contributed by atoms with Crippen LogP contribution in [0.15, 0.2) is 253 Å². The summed E-state index contributed by atoms with van der Waals surface area (Å²) >= 11 is 0. The van der Waals surface area contributed by atoms with Crippen molar-refractivity contribution in [1.29, 1.82) is 0 Å². The van der Waals surface area contributed by atoms with Gasteiger partial charge in [0.15, 0.2) is 0 Å². The van der Waals surface area contributed by atoms with Gasteiger partial charge in [-0.2, -0.15) is 0 Å². The van der Waals surface area contributed by atoms with Gasteiger partial charge < -0.3 is 9.32 Å².